The molecule has 0 aromatic rings. The van der Waals surface area contributed by atoms with E-state index in [-0.39, 0.29) is 0 Å². The van der Waals surface area contributed by atoms with Crippen LogP contribution in [0.2, 0.25) is 0 Å². The molecule has 1 rings (SSSR count). The van der Waals surface area contributed by atoms with Crippen LogP contribution in [0.15, 0.2) is 0 Å². The second-order valence-corrected chi connectivity index (χ2v) is 8.59. The van der Waals surface area contributed by atoms with Crippen molar-refractivity contribution in [1.29, 1.82) is 0 Å². The van der Waals surface area contributed by atoms with Gasteiger partial charge in [-0.05, 0) is 19.3 Å². The second-order valence-electron chi connectivity index (χ2n) is 8.59. The van der Waals surface area contributed by atoms with Crippen LogP contribution in [0.1, 0.15) is 129 Å². The van der Waals surface area contributed by atoms with Crippen molar-refractivity contribution in [3.05, 3.63) is 0 Å². The van der Waals surface area contributed by atoms with Crippen molar-refractivity contribution in [2.45, 2.75) is 135 Å². The maximum Gasteiger partial charge on any atom is 0.0625 e. The van der Waals surface area contributed by atoms with E-state index in [1.54, 1.807) is 0 Å². The summed E-state index contributed by atoms with van der Waals surface area (Å²) < 4.78 is 5.97. The molecule has 0 aromatic carbocycles. The van der Waals surface area contributed by atoms with Gasteiger partial charge in [0.1, 0.15) is 0 Å². The van der Waals surface area contributed by atoms with Crippen molar-refractivity contribution >= 4 is 0 Å². The summed E-state index contributed by atoms with van der Waals surface area (Å²) in [7, 11) is 0. The van der Waals surface area contributed by atoms with E-state index in [9.17, 15) is 5.11 Å². The summed E-state index contributed by atoms with van der Waals surface area (Å²) in [6, 6.07) is 0. The van der Waals surface area contributed by atoms with Crippen LogP contribution in [0.25, 0.3) is 0 Å². The zero-order chi connectivity index (χ0) is 18.7. The van der Waals surface area contributed by atoms with E-state index in [4.69, 9.17) is 4.74 Å². The number of aliphatic hydroxyl groups excluding tert-OH is 1. The minimum absolute atomic E-state index is 0.309. The Hall–Kier alpha value is -0.0800. The predicted octanol–water partition coefficient (Wildman–Crippen LogP) is 7.43. The lowest BCUT2D eigenvalue weighted by Crippen LogP contribution is -2.21. The number of hydrogen-bond donors (Lipinski definition) is 1. The zero-order valence-electron chi connectivity index (χ0n) is 17.9. The summed E-state index contributed by atoms with van der Waals surface area (Å²) in [5.41, 5.74) is 0. The first-order valence-electron chi connectivity index (χ1n) is 12.1. The van der Waals surface area contributed by atoms with Gasteiger partial charge in [0.25, 0.3) is 0 Å². The Labute approximate surface area is 164 Å². The fourth-order valence-electron chi connectivity index (χ4n) is 4.32. The van der Waals surface area contributed by atoms with Crippen LogP contribution < -0.4 is 0 Å². The molecule has 2 heteroatoms. The molecule has 0 saturated heterocycles. The summed E-state index contributed by atoms with van der Waals surface area (Å²) >= 11 is 0. The summed E-state index contributed by atoms with van der Waals surface area (Å²) in [5.74, 6) is 0.413. The van der Waals surface area contributed by atoms with Crippen molar-refractivity contribution in [3.63, 3.8) is 0 Å². The van der Waals surface area contributed by atoms with E-state index in [1.807, 2.05) is 0 Å². The molecule has 1 N–H and O–H groups in total. The van der Waals surface area contributed by atoms with Gasteiger partial charge in [0.2, 0.25) is 0 Å². The highest BCUT2D eigenvalue weighted by Crippen LogP contribution is 2.27. The predicted molar refractivity (Wildman–Crippen MR) is 114 cm³/mol. The molecule has 0 aliphatic heterocycles. The molecule has 156 valence electrons. The van der Waals surface area contributed by atoms with Gasteiger partial charge in [0.05, 0.1) is 6.10 Å². The number of unbranched alkanes of at least 4 members (excludes halogenated alkanes) is 15. The second kappa shape index (κ2) is 18.3. The van der Waals surface area contributed by atoms with Gasteiger partial charge in [0, 0.05) is 19.1 Å². The molecule has 0 spiro atoms. The Bertz CT molecular complexity index is 279. The third kappa shape index (κ3) is 13.1. The van der Waals surface area contributed by atoms with E-state index >= 15 is 0 Å². The third-order valence-electron chi connectivity index (χ3n) is 6.15. The third-order valence-corrected chi connectivity index (χ3v) is 6.15. The molecule has 1 fully saturated rings. The Kier molecular flexibility index (Phi) is 16.9. The van der Waals surface area contributed by atoms with Crippen LogP contribution in [0, 0.1) is 5.92 Å². The summed E-state index contributed by atoms with van der Waals surface area (Å²) in [6.07, 6.45) is 26.5. The molecule has 0 unspecified atom stereocenters. The van der Waals surface area contributed by atoms with E-state index in [1.165, 1.54) is 109 Å². The molecule has 0 heterocycles. The standard InChI is InChI=1S/C24H48O2/c1-2-3-4-5-6-7-8-9-10-11-12-13-14-15-16-17-21-26-24-20-18-19-23(24)22-25/h23-25H,2-22H2,1H3/t23-,24-/m0/s1. The minimum Gasteiger partial charge on any atom is -0.396 e. The van der Waals surface area contributed by atoms with Crippen LogP contribution in [0.3, 0.4) is 0 Å². The highest BCUT2D eigenvalue weighted by Gasteiger charge is 2.26. The van der Waals surface area contributed by atoms with Gasteiger partial charge < -0.3 is 9.84 Å². The number of hydrogen-bond acceptors (Lipinski definition) is 2. The van der Waals surface area contributed by atoms with Crippen LogP contribution in [-0.2, 0) is 4.74 Å². The fraction of sp³-hybridized carbons (Fsp3) is 1.00. The van der Waals surface area contributed by atoms with Crippen molar-refractivity contribution in [3.8, 4) is 0 Å². The molecule has 0 bridgehead atoms. The summed E-state index contributed by atoms with van der Waals surface area (Å²) in [4.78, 5) is 0. The molecule has 26 heavy (non-hydrogen) atoms. The average Bonchev–Trinajstić information content (AvgIpc) is 3.11. The lowest BCUT2D eigenvalue weighted by atomic mass is 10.0. The van der Waals surface area contributed by atoms with Gasteiger partial charge in [0.15, 0.2) is 0 Å². The molecule has 1 aliphatic carbocycles. The largest absolute Gasteiger partial charge is 0.396 e. The van der Waals surface area contributed by atoms with Crippen LogP contribution in [-0.4, -0.2) is 24.4 Å². The molecule has 2 nitrogen and oxygen atoms in total. The van der Waals surface area contributed by atoms with E-state index in [0.29, 0.717) is 18.6 Å². The molecule has 0 amide bonds. The number of aliphatic hydroxyl groups is 1. The van der Waals surface area contributed by atoms with E-state index < -0.39 is 0 Å². The number of ether oxygens (including phenoxy) is 1. The topological polar surface area (TPSA) is 29.5 Å². The van der Waals surface area contributed by atoms with Gasteiger partial charge in [-0.3, -0.25) is 0 Å². The van der Waals surface area contributed by atoms with Crippen molar-refractivity contribution in [2.24, 2.45) is 5.92 Å². The Balaban J connectivity index is 1.70. The Morgan fingerprint density at radius 2 is 1.12 bits per heavy atom. The quantitative estimate of drug-likeness (QED) is 0.240. The number of rotatable bonds is 19. The molecule has 1 aliphatic rings. The lowest BCUT2D eigenvalue weighted by molar-refractivity contribution is 0.00875. The summed E-state index contributed by atoms with van der Waals surface area (Å²) in [5, 5.41) is 9.30. The first-order valence-corrected chi connectivity index (χ1v) is 12.1. The first kappa shape index (κ1) is 24.0. The smallest absolute Gasteiger partial charge is 0.0625 e. The van der Waals surface area contributed by atoms with Gasteiger partial charge >= 0.3 is 0 Å². The van der Waals surface area contributed by atoms with Gasteiger partial charge in [-0.25, -0.2) is 0 Å². The molecular weight excluding hydrogens is 320 g/mol. The van der Waals surface area contributed by atoms with Crippen molar-refractivity contribution in [1.82, 2.24) is 0 Å². The Morgan fingerprint density at radius 1 is 0.654 bits per heavy atom. The molecule has 1 saturated carbocycles. The maximum absolute atomic E-state index is 9.30. The molecule has 0 aromatic heterocycles. The van der Waals surface area contributed by atoms with Gasteiger partial charge in [-0.2, -0.15) is 0 Å². The highest BCUT2D eigenvalue weighted by molar-refractivity contribution is 4.77. The van der Waals surface area contributed by atoms with Crippen molar-refractivity contribution in [2.75, 3.05) is 13.2 Å². The highest BCUT2D eigenvalue weighted by atomic mass is 16.5. The Morgan fingerprint density at radius 3 is 1.58 bits per heavy atom. The fourth-order valence-corrected chi connectivity index (χ4v) is 4.32. The average molecular weight is 369 g/mol. The van der Waals surface area contributed by atoms with E-state index in [0.717, 1.165) is 19.4 Å². The molecular formula is C24H48O2. The first-order chi connectivity index (χ1) is 12.9. The molecule has 2 atom stereocenters. The van der Waals surface area contributed by atoms with Crippen LogP contribution >= 0.6 is 0 Å². The maximum atomic E-state index is 9.30. The minimum atomic E-state index is 0.309. The lowest BCUT2D eigenvalue weighted by Gasteiger charge is -2.18. The zero-order valence-corrected chi connectivity index (χ0v) is 17.9. The van der Waals surface area contributed by atoms with Crippen molar-refractivity contribution < 1.29 is 9.84 Å². The normalized spacial score (nSPS) is 20.1. The van der Waals surface area contributed by atoms with Gasteiger partial charge in [-0.15, -0.1) is 0 Å². The monoisotopic (exact) mass is 368 g/mol. The van der Waals surface area contributed by atoms with E-state index in [2.05, 4.69) is 6.92 Å². The molecule has 0 radical (unpaired) electrons. The summed E-state index contributed by atoms with van der Waals surface area (Å²) in [6.45, 7) is 3.50. The SMILES string of the molecule is CCCCCCCCCCCCCCCCCCO[C@H]1CCC[C@H]1CO. The van der Waals surface area contributed by atoms with Crippen LogP contribution in [0.5, 0.6) is 0 Å². The van der Waals surface area contributed by atoms with Crippen LogP contribution in [0.4, 0.5) is 0 Å². The van der Waals surface area contributed by atoms with Gasteiger partial charge in [-0.1, -0.05) is 110 Å².